The van der Waals surface area contributed by atoms with E-state index in [0.717, 1.165) is 31.6 Å². The number of nitrogens with one attached hydrogen (secondary N) is 1. The molecule has 2 nitrogen and oxygen atoms in total. The summed E-state index contributed by atoms with van der Waals surface area (Å²) >= 11 is 1.94. The number of aliphatic hydroxyl groups excluding tert-OH is 1. The number of aryl methyl sites for hydroxylation is 1. The Morgan fingerprint density at radius 2 is 1.90 bits per heavy atom. The lowest BCUT2D eigenvalue weighted by atomic mass is 10.0. The summed E-state index contributed by atoms with van der Waals surface area (Å²) in [6.45, 7) is 8.01. The maximum atomic E-state index is 8.90. The molecular weight excluding hydrogens is 266 g/mol. The van der Waals surface area contributed by atoms with Crippen molar-refractivity contribution in [3.8, 4) is 0 Å². The Balaban J connectivity index is 2.70. The first-order chi connectivity index (χ1) is 9.72. The minimum atomic E-state index is 0.290. The van der Waals surface area contributed by atoms with Crippen LogP contribution in [0.1, 0.15) is 50.8 Å². The second-order valence-electron chi connectivity index (χ2n) is 5.18. The van der Waals surface area contributed by atoms with Crippen LogP contribution in [0.2, 0.25) is 0 Å². The van der Waals surface area contributed by atoms with Crippen molar-refractivity contribution in [2.75, 3.05) is 18.9 Å². The molecule has 0 fully saturated rings. The summed E-state index contributed by atoms with van der Waals surface area (Å²) in [5, 5.41) is 13.1. The molecule has 0 aliphatic carbocycles. The summed E-state index contributed by atoms with van der Waals surface area (Å²) in [6, 6.07) is 9.39. The van der Waals surface area contributed by atoms with E-state index in [4.69, 9.17) is 5.11 Å². The van der Waals surface area contributed by atoms with Gasteiger partial charge in [-0.15, -0.1) is 0 Å². The molecule has 0 aromatic heterocycles. The molecule has 2 N–H and O–H groups in total. The van der Waals surface area contributed by atoms with Gasteiger partial charge in [-0.25, -0.2) is 0 Å². The van der Waals surface area contributed by atoms with E-state index in [1.807, 2.05) is 11.8 Å². The van der Waals surface area contributed by atoms with Crippen molar-refractivity contribution in [1.29, 1.82) is 0 Å². The average molecular weight is 295 g/mol. The Hall–Kier alpha value is -0.510. The lowest BCUT2D eigenvalue weighted by Gasteiger charge is -2.25. The Morgan fingerprint density at radius 3 is 2.45 bits per heavy atom. The van der Waals surface area contributed by atoms with Gasteiger partial charge in [-0.05, 0) is 42.7 Å². The third kappa shape index (κ3) is 5.86. The molecule has 0 saturated heterocycles. The van der Waals surface area contributed by atoms with Crippen molar-refractivity contribution < 1.29 is 5.11 Å². The molecule has 1 aromatic carbocycles. The van der Waals surface area contributed by atoms with Crippen molar-refractivity contribution in [2.24, 2.45) is 0 Å². The highest BCUT2D eigenvalue weighted by Gasteiger charge is 2.18. The topological polar surface area (TPSA) is 32.3 Å². The van der Waals surface area contributed by atoms with E-state index in [9.17, 15) is 0 Å². The third-order valence-electron chi connectivity index (χ3n) is 3.51. The lowest BCUT2D eigenvalue weighted by Crippen LogP contribution is -2.29. The van der Waals surface area contributed by atoms with Gasteiger partial charge in [0.05, 0.1) is 0 Å². The highest BCUT2D eigenvalue weighted by atomic mass is 32.2. The Morgan fingerprint density at radius 1 is 1.20 bits per heavy atom. The fourth-order valence-corrected chi connectivity index (χ4v) is 3.36. The number of hydrogen-bond donors (Lipinski definition) is 2. The van der Waals surface area contributed by atoms with Crippen LogP contribution >= 0.6 is 11.8 Å². The van der Waals surface area contributed by atoms with E-state index in [2.05, 4.69) is 50.4 Å². The maximum absolute atomic E-state index is 8.90. The van der Waals surface area contributed by atoms with Crippen molar-refractivity contribution in [2.45, 2.75) is 51.3 Å². The van der Waals surface area contributed by atoms with Gasteiger partial charge in [0.2, 0.25) is 0 Å². The van der Waals surface area contributed by atoms with Gasteiger partial charge >= 0.3 is 0 Å². The van der Waals surface area contributed by atoms with E-state index in [1.54, 1.807) is 0 Å². The lowest BCUT2D eigenvalue weighted by molar-refractivity contribution is 0.296. The fourth-order valence-electron chi connectivity index (χ4n) is 2.25. The van der Waals surface area contributed by atoms with Gasteiger partial charge in [0, 0.05) is 17.9 Å². The van der Waals surface area contributed by atoms with E-state index < -0.39 is 0 Å². The van der Waals surface area contributed by atoms with Crippen LogP contribution in [0.25, 0.3) is 0 Å². The van der Waals surface area contributed by atoms with Gasteiger partial charge in [-0.1, -0.05) is 45.0 Å². The molecule has 0 bridgehead atoms. The van der Waals surface area contributed by atoms with Crippen LogP contribution in [0.15, 0.2) is 24.3 Å². The minimum Gasteiger partial charge on any atom is -0.396 e. The molecular formula is C17H29NOS. The van der Waals surface area contributed by atoms with E-state index in [1.165, 1.54) is 11.1 Å². The molecule has 0 heterocycles. The van der Waals surface area contributed by atoms with Crippen LogP contribution < -0.4 is 5.32 Å². The predicted molar refractivity (Wildman–Crippen MR) is 90.5 cm³/mol. The largest absolute Gasteiger partial charge is 0.396 e. The molecule has 0 spiro atoms. The summed E-state index contributed by atoms with van der Waals surface area (Å²) in [5.41, 5.74) is 2.77. The Kier molecular flexibility index (Phi) is 8.99. The van der Waals surface area contributed by atoms with Crippen molar-refractivity contribution in [1.82, 2.24) is 5.32 Å². The van der Waals surface area contributed by atoms with Crippen LogP contribution in [0.3, 0.4) is 0 Å². The number of benzene rings is 1. The van der Waals surface area contributed by atoms with Crippen LogP contribution in [0.4, 0.5) is 0 Å². The minimum absolute atomic E-state index is 0.290. The SMILES string of the molecule is CCCNC(c1ccc(CC)cc1)C(C)SCCCO. The molecule has 2 unspecified atom stereocenters. The second-order valence-corrected chi connectivity index (χ2v) is 6.67. The van der Waals surface area contributed by atoms with Crippen LogP contribution in [-0.2, 0) is 6.42 Å². The van der Waals surface area contributed by atoms with Gasteiger partial charge in [0.1, 0.15) is 0 Å². The summed E-state index contributed by atoms with van der Waals surface area (Å²) in [4.78, 5) is 0. The molecule has 1 rings (SSSR count). The molecule has 0 aliphatic rings. The standard InChI is InChI=1S/C17H29NOS/c1-4-11-18-17(14(3)20-13-6-12-19)16-9-7-15(5-2)8-10-16/h7-10,14,17-19H,4-6,11-13H2,1-3H3. The molecule has 0 radical (unpaired) electrons. The highest BCUT2D eigenvalue weighted by Crippen LogP contribution is 2.27. The van der Waals surface area contributed by atoms with Crippen molar-refractivity contribution >= 4 is 11.8 Å². The van der Waals surface area contributed by atoms with Gasteiger partial charge < -0.3 is 10.4 Å². The van der Waals surface area contributed by atoms with Crippen LogP contribution in [0, 0.1) is 0 Å². The quantitative estimate of drug-likeness (QED) is 0.644. The van der Waals surface area contributed by atoms with Crippen LogP contribution in [-0.4, -0.2) is 29.3 Å². The molecule has 0 saturated carbocycles. The summed E-state index contributed by atoms with van der Waals surface area (Å²) in [7, 11) is 0. The van der Waals surface area contributed by atoms with Crippen LogP contribution in [0.5, 0.6) is 0 Å². The predicted octanol–water partition coefficient (Wildman–Crippen LogP) is 3.79. The number of rotatable bonds is 10. The molecule has 114 valence electrons. The van der Waals surface area contributed by atoms with Crippen molar-refractivity contribution in [3.63, 3.8) is 0 Å². The zero-order chi connectivity index (χ0) is 14.8. The highest BCUT2D eigenvalue weighted by molar-refractivity contribution is 7.99. The molecule has 1 aromatic rings. The summed E-state index contributed by atoms with van der Waals surface area (Å²) < 4.78 is 0. The third-order valence-corrected chi connectivity index (χ3v) is 4.84. The molecule has 2 atom stereocenters. The Bertz CT molecular complexity index is 353. The monoisotopic (exact) mass is 295 g/mol. The number of hydrogen-bond acceptors (Lipinski definition) is 3. The number of aliphatic hydroxyl groups is 1. The van der Waals surface area contributed by atoms with E-state index >= 15 is 0 Å². The van der Waals surface area contributed by atoms with Gasteiger partial charge in [-0.3, -0.25) is 0 Å². The second kappa shape index (κ2) is 10.3. The first-order valence-corrected chi connectivity index (χ1v) is 8.82. The summed E-state index contributed by atoms with van der Waals surface area (Å²) in [6.07, 6.45) is 3.12. The number of thioether (sulfide) groups is 1. The van der Waals surface area contributed by atoms with Gasteiger partial charge in [-0.2, -0.15) is 11.8 Å². The zero-order valence-corrected chi connectivity index (χ0v) is 13.9. The van der Waals surface area contributed by atoms with Crippen molar-refractivity contribution in [3.05, 3.63) is 35.4 Å². The van der Waals surface area contributed by atoms with E-state index in [0.29, 0.717) is 11.3 Å². The average Bonchev–Trinajstić information content (AvgIpc) is 2.48. The molecule has 0 aliphatic heterocycles. The molecule has 3 heteroatoms. The zero-order valence-electron chi connectivity index (χ0n) is 13.1. The van der Waals surface area contributed by atoms with E-state index in [-0.39, 0.29) is 6.61 Å². The summed E-state index contributed by atoms with van der Waals surface area (Å²) in [5.74, 6) is 1.02. The fraction of sp³-hybridized carbons (Fsp3) is 0.647. The van der Waals surface area contributed by atoms with Gasteiger partial charge in [0.25, 0.3) is 0 Å². The Labute approximate surface area is 128 Å². The molecule has 20 heavy (non-hydrogen) atoms. The van der Waals surface area contributed by atoms with Gasteiger partial charge in [0.15, 0.2) is 0 Å². The first kappa shape index (κ1) is 17.5. The maximum Gasteiger partial charge on any atom is 0.0438 e. The first-order valence-electron chi connectivity index (χ1n) is 7.77. The molecule has 0 amide bonds. The smallest absolute Gasteiger partial charge is 0.0438 e. The normalized spacial score (nSPS) is 14.2.